The molecular weight excluding hydrogens is 402 g/mol. The van der Waals surface area contributed by atoms with Gasteiger partial charge in [-0.1, -0.05) is 0 Å². The van der Waals surface area contributed by atoms with Crippen LogP contribution in [-0.4, -0.2) is 47.7 Å². The molecule has 1 aliphatic heterocycles. The molecule has 1 aliphatic carbocycles. The highest BCUT2D eigenvalue weighted by molar-refractivity contribution is 5.86. The number of carbonyl (C=O) groups excluding carboxylic acids is 2. The topological polar surface area (TPSA) is 138 Å². The number of nitro benzene ring substituents is 1. The Hall–Kier alpha value is -3.35. The third-order valence-corrected chi connectivity index (χ3v) is 5.23. The summed E-state index contributed by atoms with van der Waals surface area (Å²) in [5.74, 6) is -0.144. The van der Waals surface area contributed by atoms with E-state index in [0.717, 1.165) is 12.8 Å². The van der Waals surface area contributed by atoms with Gasteiger partial charge >= 0.3 is 6.09 Å². The number of nitriles is 1. The van der Waals surface area contributed by atoms with Gasteiger partial charge in [-0.15, -0.1) is 0 Å². The number of hydrogen-bond donors (Lipinski definition) is 2. The first-order valence-electron chi connectivity index (χ1n) is 10.3. The van der Waals surface area contributed by atoms with Crippen LogP contribution in [0.5, 0.6) is 0 Å². The predicted molar refractivity (Wildman–Crippen MR) is 112 cm³/mol. The average Bonchev–Trinajstić information content (AvgIpc) is 3.42. The zero-order chi connectivity index (χ0) is 22.8. The molecule has 10 heteroatoms. The smallest absolute Gasteiger partial charge is 0.408 e. The summed E-state index contributed by atoms with van der Waals surface area (Å²) < 4.78 is 5.28. The van der Waals surface area contributed by atoms with Gasteiger partial charge in [0.2, 0.25) is 5.91 Å². The van der Waals surface area contributed by atoms with Crippen molar-refractivity contribution < 1.29 is 19.2 Å². The van der Waals surface area contributed by atoms with Gasteiger partial charge in [0.25, 0.3) is 5.69 Å². The summed E-state index contributed by atoms with van der Waals surface area (Å²) in [6.07, 6.45) is 1.80. The third kappa shape index (κ3) is 5.84. The maximum Gasteiger partial charge on any atom is 0.408 e. The van der Waals surface area contributed by atoms with Crippen molar-refractivity contribution in [1.29, 1.82) is 5.26 Å². The maximum absolute atomic E-state index is 12.8. The van der Waals surface area contributed by atoms with Gasteiger partial charge in [0, 0.05) is 31.3 Å². The summed E-state index contributed by atoms with van der Waals surface area (Å²) in [5.41, 5.74) is 0.0491. The van der Waals surface area contributed by atoms with Crippen molar-refractivity contribution in [2.45, 2.75) is 57.7 Å². The second-order valence-electron chi connectivity index (χ2n) is 8.97. The van der Waals surface area contributed by atoms with Crippen molar-refractivity contribution in [3.8, 4) is 6.07 Å². The Kier molecular flexibility index (Phi) is 6.34. The molecule has 3 rings (SSSR count). The Bertz CT molecular complexity index is 916. The van der Waals surface area contributed by atoms with E-state index in [1.807, 2.05) is 11.0 Å². The van der Waals surface area contributed by atoms with Gasteiger partial charge in [0.1, 0.15) is 17.7 Å². The Labute approximate surface area is 180 Å². The fourth-order valence-corrected chi connectivity index (χ4v) is 3.65. The molecule has 31 heavy (non-hydrogen) atoms. The lowest BCUT2D eigenvalue weighted by Gasteiger charge is -2.24. The molecule has 2 N–H and O–H groups in total. The highest BCUT2D eigenvalue weighted by Crippen LogP contribution is 2.33. The van der Waals surface area contributed by atoms with Gasteiger partial charge < -0.3 is 20.3 Å². The molecule has 10 nitrogen and oxygen atoms in total. The lowest BCUT2D eigenvalue weighted by atomic mass is 10.1. The van der Waals surface area contributed by atoms with Gasteiger partial charge in [-0.2, -0.15) is 5.26 Å². The van der Waals surface area contributed by atoms with Gasteiger partial charge in [0.15, 0.2) is 0 Å². The number of nitrogens with zero attached hydrogens (tertiary/aromatic N) is 3. The molecule has 0 bridgehead atoms. The largest absolute Gasteiger partial charge is 0.444 e. The average molecular weight is 429 g/mol. The lowest BCUT2D eigenvalue weighted by molar-refractivity contribution is -0.384. The van der Waals surface area contributed by atoms with Crippen molar-refractivity contribution in [2.75, 3.05) is 18.0 Å². The Morgan fingerprint density at radius 2 is 2.03 bits per heavy atom. The summed E-state index contributed by atoms with van der Waals surface area (Å²) in [6, 6.07) is 5.41. The number of carbonyl (C=O) groups is 2. The van der Waals surface area contributed by atoms with Crippen LogP contribution in [-0.2, 0) is 9.53 Å². The van der Waals surface area contributed by atoms with E-state index in [1.54, 1.807) is 26.8 Å². The molecule has 1 aromatic carbocycles. The molecule has 1 saturated heterocycles. The van der Waals surface area contributed by atoms with Crippen LogP contribution in [0.15, 0.2) is 18.2 Å². The van der Waals surface area contributed by atoms with E-state index in [4.69, 9.17) is 4.74 Å². The number of alkyl carbamates (subject to hydrolysis) is 1. The minimum Gasteiger partial charge on any atom is -0.444 e. The standard InChI is InChI=1S/C21H27N5O5/c1-21(2,3)31-20(28)24-18(13-4-5-13)19(27)23-15-8-9-25(12-15)17-7-6-16(26(29)30)10-14(17)11-22/h6-7,10,13,15,18H,4-5,8-9,12H2,1-3H3,(H,23,27)(H,24,28)/t15-,18-/m0/s1. The molecule has 0 aromatic heterocycles. The first-order chi connectivity index (χ1) is 14.6. The molecule has 0 unspecified atom stereocenters. The minimum absolute atomic E-state index is 0.102. The summed E-state index contributed by atoms with van der Waals surface area (Å²) >= 11 is 0. The molecule has 2 fully saturated rings. The van der Waals surface area contributed by atoms with E-state index in [-0.39, 0.29) is 29.1 Å². The molecule has 1 heterocycles. The molecule has 2 atom stereocenters. The first-order valence-corrected chi connectivity index (χ1v) is 10.3. The number of nitrogens with one attached hydrogen (secondary N) is 2. The van der Waals surface area contributed by atoms with E-state index < -0.39 is 22.7 Å². The number of hydrogen-bond acceptors (Lipinski definition) is 7. The molecule has 0 radical (unpaired) electrons. The summed E-state index contributed by atoms with van der Waals surface area (Å²) in [6.45, 7) is 6.37. The monoisotopic (exact) mass is 429 g/mol. The van der Waals surface area contributed by atoms with Crippen molar-refractivity contribution in [3.63, 3.8) is 0 Å². The number of nitro groups is 1. The number of non-ortho nitro benzene ring substituents is 1. The quantitative estimate of drug-likeness (QED) is 0.523. The first kappa shape index (κ1) is 22.3. The molecule has 166 valence electrons. The summed E-state index contributed by atoms with van der Waals surface area (Å²) in [5, 5.41) is 26.0. The zero-order valence-corrected chi connectivity index (χ0v) is 17.9. The second-order valence-corrected chi connectivity index (χ2v) is 8.97. The maximum atomic E-state index is 12.8. The van der Waals surface area contributed by atoms with Crippen LogP contribution in [0.2, 0.25) is 0 Å². The predicted octanol–water partition coefficient (Wildman–Crippen LogP) is 2.46. The fourth-order valence-electron chi connectivity index (χ4n) is 3.65. The van der Waals surface area contributed by atoms with E-state index in [0.29, 0.717) is 25.2 Å². The zero-order valence-electron chi connectivity index (χ0n) is 17.9. The lowest BCUT2D eigenvalue weighted by Crippen LogP contribution is -2.52. The van der Waals surface area contributed by atoms with Crippen LogP contribution < -0.4 is 15.5 Å². The normalized spacial score (nSPS) is 19.3. The Morgan fingerprint density at radius 1 is 1.32 bits per heavy atom. The van der Waals surface area contributed by atoms with Crippen molar-refractivity contribution in [1.82, 2.24) is 10.6 Å². The van der Waals surface area contributed by atoms with Crippen molar-refractivity contribution in [2.24, 2.45) is 5.92 Å². The number of benzene rings is 1. The molecule has 2 aliphatic rings. The van der Waals surface area contributed by atoms with Crippen LogP contribution in [0.3, 0.4) is 0 Å². The Morgan fingerprint density at radius 3 is 2.61 bits per heavy atom. The van der Waals surface area contributed by atoms with E-state index in [2.05, 4.69) is 10.6 Å². The van der Waals surface area contributed by atoms with E-state index in [1.165, 1.54) is 12.1 Å². The molecular formula is C21H27N5O5. The van der Waals surface area contributed by atoms with Crippen molar-refractivity contribution >= 4 is 23.4 Å². The Balaban J connectivity index is 1.61. The highest BCUT2D eigenvalue weighted by Gasteiger charge is 2.39. The van der Waals surface area contributed by atoms with Crippen LogP contribution in [0.4, 0.5) is 16.2 Å². The van der Waals surface area contributed by atoms with Gasteiger partial charge in [0.05, 0.1) is 16.2 Å². The van der Waals surface area contributed by atoms with Crippen LogP contribution in [0, 0.1) is 27.4 Å². The van der Waals surface area contributed by atoms with Crippen molar-refractivity contribution in [3.05, 3.63) is 33.9 Å². The minimum atomic E-state index is -0.649. The summed E-state index contributed by atoms with van der Waals surface area (Å²) in [4.78, 5) is 37.3. The fraction of sp³-hybridized carbons (Fsp3) is 0.571. The van der Waals surface area contributed by atoms with Gasteiger partial charge in [-0.3, -0.25) is 14.9 Å². The molecule has 1 aromatic rings. The third-order valence-electron chi connectivity index (χ3n) is 5.23. The number of ether oxygens (including phenoxy) is 1. The number of amides is 2. The SMILES string of the molecule is CC(C)(C)OC(=O)N[C@H](C(=O)N[C@H]1CCN(c2ccc([N+](=O)[O-])cc2C#N)C1)C1CC1. The van der Waals surface area contributed by atoms with Crippen LogP contribution >= 0.6 is 0 Å². The van der Waals surface area contributed by atoms with Gasteiger partial charge in [-0.05, 0) is 52.0 Å². The molecule has 0 spiro atoms. The summed E-state index contributed by atoms with van der Waals surface area (Å²) in [7, 11) is 0. The number of anilines is 1. The number of rotatable bonds is 6. The van der Waals surface area contributed by atoms with Crippen LogP contribution in [0.25, 0.3) is 0 Å². The van der Waals surface area contributed by atoms with Crippen LogP contribution in [0.1, 0.15) is 45.6 Å². The van der Waals surface area contributed by atoms with E-state index in [9.17, 15) is 25.0 Å². The second kappa shape index (κ2) is 8.79. The van der Waals surface area contributed by atoms with E-state index >= 15 is 0 Å². The van der Waals surface area contributed by atoms with Gasteiger partial charge in [-0.25, -0.2) is 4.79 Å². The highest BCUT2D eigenvalue weighted by atomic mass is 16.6. The molecule has 1 saturated carbocycles. The molecule has 2 amide bonds.